The molecule has 0 spiro atoms. The Morgan fingerprint density at radius 3 is 2.78 bits per heavy atom. The Balaban J connectivity index is 1.26. The van der Waals surface area contributed by atoms with E-state index in [-0.39, 0.29) is 0 Å². The van der Waals surface area contributed by atoms with Crippen molar-refractivity contribution in [2.75, 3.05) is 13.2 Å². The Labute approximate surface area is 208 Å². The Bertz CT molecular complexity index is 1370. The van der Waals surface area contributed by atoms with Crippen LogP contribution in [0.5, 0.6) is 0 Å². The lowest BCUT2D eigenvalue weighted by Gasteiger charge is -2.38. The number of pyridine rings is 2. The molecule has 1 fully saturated rings. The molecular formula is C27H28F2N6O. The lowest BCUT2D eigenvalue weighted by molar-refractivity contribution is 0.138. The van der Waals surface area contributed by atoms with Gasteiger partial charge in [-0.05, 0) is 86.7 Å². The zero-order valence-electron chi connectivity index (χ0n) is 20.3. The van der Waals surface area contributed by atoms with Crippen LogP contribution in [-0.4, -0.2) is 49.4 Å². The number of likely N-dealkylation sites (tertiary alicyclic amines) is 1. The van der Waals surface area contributed by atoms with Crippen molar-refractivity contribution in [1.29, 1.82) is 0 Å². The number of hydrogen-bond acceptors (Lipinski definition) is 6. The van der Waals surface area contributed by atoms with Crippen LogP contribution in [-0.2, 0) is 11.4 Å². The van der Waals surface area contributed by atoms with Crippen molar-refractivity contribution in [1.82, 2.24) is 24.5 Å². The van der Waals surface area contributed by atoms with E-state index in [1.54, 1.807) is 13.3 Å². The van der Waals surface area contributed by atoms with Crippen molar-refractivity contribution < 1.29 is 13.6 Å². The van der Waals surface area contributed by atoms with Gasteiger partial charge >= 0.3 is 0 Å². The van der Waals surface area contributed by atoms with Gasteiger partial charge in [0.1, 0.15) is 18.6 Å². The Hall–Kier alpha value is -3.72. The number of oxime groups is 1. The molecule has 1 aromatic carbocycles. The maximum Gasteiger partial charge on any atom is 0.160 e. The highest BCUT2D eigenvalue weighted by molar-refractivity contribution is 6.11. The highest BCUT2D eigenvalue weighted by Crippen LogP contribution is 2.32. The van der Waals surface area contributed by atoms with Crippen molar-refractivity contribution >= 4 is 11.4 Å². The van der Waals surface area contributed by atoms with E-state index in [0.717, 1.165) is 49.3 Å². The summed E-state index contributed by atoms with van der Waals surface area (Å²) < 4.78 is 29.2. The molecular weight excluding hydrogens is 462 g/mol. The highest BCUT2D eigenvalue weighted by Gasteiger charge is 2.27. The molecule has 1 aliphatic rings. The van der Waals surface area contributed by atoms with Gasteiger partial charge in [0.15, 0.2) is 17.3 Å². The average molecular weight is 491 g/mol. The zero-order valence-corrected chi connectivity index (χ0v) is 20.3. The molecule has 9 heteroatoms. The molecule has 0 amide bonds. The van der Waals surface area contributed by atoms with Crippen molar-refractivity contribution in [3.63, 3.8) is 0 Å². The molecule has 4 heterocycles. The third-order valence-corrected chi connectivity index (χ3v) is 6.74. The fraction of sp³-hybridized carbons (Fsp3) is 0.333. The lowest BCUT2D eigenvalue weighted by Crippen LogP contribution is -2.39. The summed E-state index contributed by atoms with van der Waals surface area (Å²) in [4.78, 5) is 12.3. The number of hydrogen-bond donors (Lipinski definition) is 0. The van der Waals surface area contributed by atoms with E-state index in [4.69, 9.17) is 4.84 Å². The van der Waals surface area contributed by atoms with Crippen LogP contribution < -0.4 is 0 Å². The number of nitrogens with zero attached hydrogens (tertiary/aromatic N) is 6. The molecule has 5 rings (SSSR count). The predicted molar refractivity (Wildman–Crippen MR) is 133 cm³/mol. The Morgan fingerprint density at radius 1 is 1.14 bits per heavy atom. The number of fused-ring (bicyclic) bond motifs is 1. The third kappa shape index (κ3) is 5.11. The second-order valence-corrected chi connectivity index (χ2v) is 9.14. The van der Waals surface area contributed by atoms with E-state index in [1.165, 1.54) is 11.6 Å². The number of aromatic nitrogens is 4. The molecule has 186 valence electrons. The number of halogens is 2. The van der Waals surface area contributed by atoms with Gasteiger partial charge in [-0.15, -0.1) is 10.2 Å². The van der Waals surface area contributed by atoms with Crippen LogP contribution in [0.25, 0.3) is 5.65 Å². The van der Waals surface area contributed by atoms with Gasteiger partial charge in [0.05, 0.1) is 5.69 Å². The number of rotatable bonds is 7. The van der Waals surface area contributed by atoms with Crippen molar-refractivity contribution in [3.05, 3.63) is 95.2 Å². The van der Waals surface area contributed by atoms with Crippen LogP contribution in [0.2, 0.25) is 0 Å². The van der Waals surface area contributed by atoms with Gasteiger partial charge in [0.2, 0.25) is 0 Å². The maximum atomic E-state index is 13.8. The van der Waals surface area contributed by atoms with Gasteiger partial charge in [-0.25, -0.2) is 8.78 Å². The lowest BCUT2D eigenvalue weighted by atomic mass is 9.86. The van der Waals surface area contributed by atoms with Crippen LogP contribution in [0, 0.1) is 11.6 Å². The summed E-state index contributed by atoms with van der Waals surface area (Å²) in [5, 5.41) is 12.2. The standard InChI is InChI=1S/C27H28F2N6O/c1-3-36-33-27(22-5-6-23(28)24(29)13-22)25-7-4-19(15-30-25)16-34-10-8-20(12-18(34)2)21-9-11-35-17-31-32-26(35)14-21/h4-7,9,11,13-15,17-18,20H,3,8,10,12,16H2,1-2H3. The molecule has 1 saturated heterocycles. The van der Waals surface area contributed by atoms with Crippen LogP contribution in [0.1, 0.15) is 55.0 Å². The van der Waals surface area contributed by atoms with Crippen molar-refractivity contribution in [3.8, 4) is 0 Å². The average Bonchev–Trinajstić information content (AvgIpc) is 3.36. The van der Waals surface area contributed by atoms with Gasteiger partial charge in [0.25, 0.3) is 0 Å². The summed E-state index contributed by atoms with van der Waals surface area (Å²) in [6.45, 7) is 6.19. The minimum atomic E-state index is -0.938. The summed E-state index contributed by atoms with van der Waals surface area (Å²) in [5.74, 6) is -1.35. The smallest absolute Gasteiger partial charge is 0.160 e. The molecule has 0 radical (unpaired) electrons. The minimum Gasteiger partial charge on any atom is -0.396 e. The SMILES string of the molecule is CCON=C(c1ccc(F)c(F)c1)c1ccc(CN2CCC(c3ccn4cnnc4c3)CC2C)cn1. The third-order valence-electron chi connectivity index (χ3n) is 6.74. The molecule has 0 bridgehead atoms. The molecule has 0 saturated carbocycles. The second-order valence-electron chi connectivity index (χ2n) is 9.14. The molecule has 0 aliphatic carbocycles. The molecule has 0 N–H and O–H groups in total. The molecule has 4 aromatic rings. The molecule has 7 nitrogen and oxygen atoms in total. The number of piperidine rings is 1. The monoisotopic (exact) mass is 490 g/mol. The molecule has 2 unspecified atom stereocenters. The van der Waals surface area contributed by atoms with Crippen LogP contribution in [0.15, 0.2) is 66.3 Å². The molecule has 3 aromatic heterocycles. The van der Waals surface area contributed by atoms with E-state index in [0.29, 0.717) is 35.5 Å². The van der Waals surface area contributed by atoms with E-state index in [2.05, 4.69) is 44.3 Å². The van der Waals surface area contributed by atoms with Gasteiger partial charge in [-0.2, -0.15) is 0 Å². The summed E-state index contributed by atoms with van der Waals surface area (Å²) in [5.41, 5.74) is 4.57. The first-order valence-electron chi connectivity index (χ1n) is 12.2. The number of benzene rings is 1. The second kappa shape index (κ2) is 10.5. The first-order chi connectivity index (χ1) is 17.5. The minimum absolute atomic E-state index is 0.353. The molecule has 1 aliphatic heterocycles. The van der Waals surface area contributed by atoms with Gasteiger partial charge in [-0.3, -0.25) is 14.3 Å². The predicted octanol–water partition coefficient (Wildman–Crippen LogP) is 4.96. The zero-order chi connectivity index (χ0) is 25.1. The summed E-state index contributed by atoms with van der Waals surface area (Å²) in [7, 11) is 0. The van der Waals surface area contributed by atoms with Crippen molar-refractivity contribution in [2.45, 2.75) is 45.2 Å². The Morgan fingerprint density at radius 2 is 2.03 bits per heavy atom. The van der Waals surface area contributed by atoms with Crippen molar-refractivity contribution in [2.24, 2.45) is 5.16 Å². The van der Waals surface area contributed by atoms with E-state index in [9.17, 15) is 8.78 Å². The summed E-state index contributed by atoms with van der Waals surface area (Å²) in [6.07, 6.45) is 7.69. The fourth-order valence-corrected chi connectivity index (χ4v) is 4.76. The summed E-state index contributed by atoms with van der Waals surface area (Å²) in [6, 6.07) is 12.2. The van der Waals surface area contributed by atoms with E-state index < -0.39 is 11.6 Å². The fourth-order valence-electron chi connectivity index (χ4n) is 4.76. The summed E-state index contributed by atoms with van der Waals surface area (Å²) >= 11 is 0. The van der Waals surface area contributed by atoms with Gasteiger partial charge < -0.3 is 4.84 Å². The first-order valence-corrected chi connectivity index (χ1v) is 12.2. The van der Waals surface area contributed by atoms with Crippen LogP contribution >= 0.6 is 0 Å². The first kappa shape index (κ1) is 24.0. The van der Waals surface area contributed by atoms with Crippen LogP contribution in [0.3, 0.4) is 0 Å². The topological polar surface area (TPSA) is 67.9 Å². The van der Waals surface area contributed by atoms with Gasteiger partial charge in [-0.1, -0.05) is 11.2 Å². The molecule has 2 atom stereocenters. The molecule has 36 heavy (non-hydrogen) atoms. The normalized spacial score (nSPS) is 19.1. The quantitative estimate of drug-likeness (QED) is 0.271. The van der Waals surface area contributed by atoms with E-state index in [1.807, 2.05) is 28.9 Å². The van der Waals surface area contributed by atoms with Crippen LogP contribution in [0.4, 0.5) is 8.78 Å². The maximum absolute atomic E-state index is 13.8. The highest BCUT2D eigenvalue weighted by atomic mass is 19.2. The van der Waals surface area contributed by atoms with Gasteiger partial charge in [0, 0.05) is 30.5 Å². The van der Waals surface area contributed by atoms with E-state index >= 15 is 0 Å². The Kier molecular flexibility index (Phi) is 6.99. The largest absolute Gasteiger partial charge is 0.396 e.